The molecule has 1 aromatic rings. The number of methoxy groups -OCH3 is 1. The van der Waals surface area contributed by atoms with Gasteiger partial charge in [-0.1, -0.05) is 6.92 Å². The summed E-state index contributed by atoms with van der Waals surface area (Å²) in [5, 5.41) is 4.30. The zero-order valence-electron chi connectivity index (χ0n) is 12.3. The summed E-state index contributed by atoms with van der Waals surface area (Å²) < 4.78 is 18.3. The molecule has 19 heavy (non-hydrogen) atoms. The molecule has 0 fully saturated rings. The molecular weight excluding hydrogens is 246 g/mol. The third-order valence-electron chi connectivity index (χ3n) is 2.77. The molecule has 0 aliphatic rings. The van der Waals surface area contributed by atoms with E-state index in [0.717, 1.165) is 18.7 Å². The van der Waals surface area contributed by atoms with Gasteiger partial charge >= 0.3 is 0 Å². The Kier molecular flexibility index (Phi) is 6.83. The van der Waals surface area contributed by atoms with Crippen LogP contribution in [0.5, 0.6) is 5.75 Å². The Balaban J connectivity index is 2.99. The van der Waals surface area contributed by atoms with Crippen LogP contribution in [-0.4, -0.2) is 36.4 Å². The molecule has 1 unspecified atom stereocenters. The summed E-state index contributed by atoms with van der Waals surface area (Å²) in [4.78, 5) is 0. The summed E-state index contributed by atoms with van der Waals surface area (Å²) in [6, 6.07) is -0.427. The predicted octanol–water partition coefficient (Wildman–Crippen LogP) is 1.70. The molecule has 1 heterocycles. The molecule has 0 aliphatic heterocycles. The fraction of sp³-hybridized carbons (Fsp3) is 0.769. The maximum atomic E-state index is 6.27. The van der Waals surface area contributed by atoms with Gasteiger partial charge in [-0.25, -0.2) is 0 Å². The van der Waals surface area contributed by atoms with Crippen molar-refractivity contribution in [3.05, 3.63) is 11.9 Å². The Labute approximate surface area is 114 Å². The van der Waals surface area contributed by atoms with Crippen LogP contribution in [0.2, 0.25) is 0 Å². The second-order valence-corrected chi connectivity index (χ2v) is 4.13. The first-order chi connectivity index (χ1) is 9.19. The van der Waals surface area contributed by atoms with E-state index in [-0.39, 0.29) is 0 Å². The Hall–Kier alpha value is -1.11. The molecule has 1 rings (SSSR count). The predicted molar refractivity (Wildman–Crippen MR) is 73.0 cm³/mol. The molecule has 0 radical (unpaired) electrons. The maximum absolute atomic E-state index is 6.27. The van der Waals surface area contributed by atoms with Crippen LogP contribution in [0.4, 0.5) is 0 Å². The van der Waals surface area contributed by atoms with Gasteiger partial charge in [-0.2, -0.15) is 5.10 Å². The topological polar surface area (TPSA) is 71.5 Å². The zero-order chi connectivity index (χ0) is 14.3. The van der Waals surface area contributed by atoms with Crippen molar-refractivity contribution < 1.29 is 14.2 Å². The highest BCUT2D eigenvalue weighted by Crippen LogP contribution is 2.27. The van der Waals surface area contributed by atoms with Crippen LogP contribution in [0, 0.1) is 0 Å². The summed E-state index contributed by atoms with van der Waals surface area (Å²) in [7, 11) is 1.61. The van der Waals surface area contributed by atoms with Crippen LogP contribution in [0.3, 0.4) is 0 Å². The van der Waals surface area contributed by atoms with Crippen LogP contribution < -0.4 is 10.5 Å². The molecule has 0 spiro atoms. The normalized spacial score (nSPS) is 12.9. The van der Waals surface area contributed by atoms with Gasteiger partial charge < -0.3 is 19.9 Å². The minimum absolute atomic E-state index is 0.427. The lowest BCUT2D eigenvalue weighted by molar-refractivity contribution is -0.150. The summed E-state index contributed by atoms with van der Waals surface area (Å²) in [5.41, 5.74) is 7.09. The fourth-order valence-corrected chi connectivity index (χ4v) is 1.97. The molecule has 0 bridgehead atoms. The van der Waals surface area contributed by atoms with Crippen molar-refractivity contribution in [1.29, 1.82) is 0 Å². The van der Waals surface area contributed by atoms with E-state index in [1.807, 2.05) is 18.5 Å². The number of aromatic nitrogens is 2. The molecule has 0 saturated carbocycles. The third-order valence-corrected chi connectivity index (χ3v) is 2.77. The first-order valence-electron chi connectivity index (χ1n) is 6.77. The number of ether oxygens (including phenoxy) is 3. The van der Waals surface area contributed by atoms with Gasteiger partial charge in [0.1, 0.15) is 11.7 Å². The Morgan fingerprint density at radius 2 is 1.89 bits per heavy atom. The Morgan fingerprint density at radius 3 is 2.37 bits per heavy atom. The van der Waals surface area contributed by atoms with E-state index in [4.69, 9.17) is 19.9 Å². The number of nitrogens with zero attached hydrogens (tertiary/aromatic N) is 2. The molecule has 110 valence electrons. The van der Waals surface area contributed by atoms with Crippen LogP contribution in [-0.2, 0) is 16.0 Å². The molecule has 2 N–H and O–H groups in total. The van der Waals surface area contributed by atoms with Gasteiger partial charge in [-0.3, -0.25) is 4.68 Å². The maximum Gasteiger partial charge on any atom is 0.178 e. The SMILES string of the molecule is CCCn1ncc(OC)c1C(N)C(OCC)OCC. The number of rotatable bonds is 9. The highest BCUT2D eigenvalue weighted by Gasteiger charge is 2.27. The summed E-state index contributed by atoms with van der Waals surface area (Å²) in [5.74, 6) is 0.672. The summed E-state index contributed by atoms with van der Waals surface area (Å²) in [6.45, 7) is 7.80. The lowest BCUT2D eigenvalue weighted by atomic mass is 10.2. The number of aryl methyl sites for hydroxylation is 1. The molecule has 6 nitrogen and oxygen atoms in total. The van der Waals surface area contributed by atoms with Gasteiger partial charge in [0.15, 0.2) is 12.0 Å². The first kappa shape index (κ1) is 15.9. The smallest absolute Gasteiger partial charge is 0.178 e. The van der Waals surface area contributed by atoms with Crippen LogP contribution in [0.15, 0.2) is 6.20 Å². The molecule has 0 amide bonds. The third kappa shape index (κ3) is 3.92. The molecule has 0 aromatic carbocycles. The standard InChI is InChI=1S/C13H25N3O3/c1-5-8-16-12(10(17-4)9-15-16)11(14)13(18-6-2)19-7-3/h9,11,13H,5-8,14H2,1-4H3. The number of hydrogen-bond acceptors (Lipinski definition) is 5. The summed E-state index contributed by atoms with van der Waals surface area (Å²) in [6.07, 6.45) is 2.16. The van der Waals surface area contributed by atoms with E-state index in [1.165, 1.54) is 0 Å². The second kappa shape index (κ2) is 8.14. The molecular formula is C13H25N3O3. The van der Waals surface area contributed by atoms with Crippen molar-refractivity contribution in [2.24, 2.45) is 5.73 Å². The number of nitrogens with two attached hydrogens (primary N) is 1. The van der Waals surface area contributed by atoms with E-state index in [9.17, 15) is 0 Å². The molecule has 0 saturated heterocycles. The minimum Gasteiger partial charge on any atom is -0.493 e. The Morgan fingerprint density at radius 1 is 1.26 bits per heavy atom. The lowest BCUT2D eigenvalue weighted by Crippen LogP contribution is -2.33. The number of hydrogen-bond donors (Lipinski definition) is 1. The molecule has 1 aromatic heterocycles. The van der Waals surface area contributed by atoms with Crippen molar-refractivity contribution in [3.63, 3.8) is 0 Å². The Bertz CT molecular complexity index is 362. The quantitative estimate of drug-likeness (QED) is 0.692. The average molecular weight is 271 g/mol. The van der Waals surface area contributed by atoms with Crippen molar-refractivity contribution in [3.8, 4) is 5.75 Å². The van der Waals surface area contributed by atoms with E-state index in [2.05, 4.69) is 12.0 Å². The van der Waals surface area contributed by atoms with Crippen molar-refractivity contribution in [2.75, 3.05) is 20.3 Å². The summed E-state index contributed by atoms with van der Waals surface area (Å²) >= 11 is 0. The van der Waals surface area contributed by atoms with E-state index in [1.54, 1.807) is 13.3 Å². The van der Waals surface area contributed by atoms with Crippen molar-refractivity contribution in [2.45, 2.75) is 46.1 Å². The molecule has 0 aliphatic carbocycles. The molecule has 1 atom stereocenters. The van der Waals surface area contributed by atoms with Crippen LogP contribution in [0.25, 0.3) is 0 Å². The van der Waals surface area contributed by atoms with Crippen LogP contribution >= 0.6 is 0 Å². The lowest BCUT2D eigenvalue weighted by Gasteiger charge is -2.24. The average Bonchev–Trinajstić information content (AvgIpc) is 2.81. The highest BCUT2D eigenvalue weighted by molar-refractivity contribution is 5.28. The molecule has 6 heteroatoms. The zero-order valence-corrected chi connectivity index (χ0v) is 12.3. The van der Waals surface area contributed by atoms with Crippen molar-refractivity contribution in [1.82, 2.24) is 9.78 Å². The fourth-order valence-electron chi connectivity index (χ4n) is 1.97. The highest BCUT2D eigenvalue weighted by atomic mass is 16.7. The van der Waals surface area contributed by atoms with Crippen LogP contribution in [0.1, 0.15) is 38.9 Å². The minimum atomic E-state index is -0.490. The van der Waals surface area contributed by atoms with E-state index < -0.39 is 12.3 Å². The van der Waals surface area contributed by atoms with Gasteiger partial charge in [0.25, 0.3) is 0 Å². The first-order valence-corrected chi connectivity index (χ1v) is 6.77. The van der Waals surface area contributed by atoms with E-state index in [0.29, 0.717) is 19.0 Å². The monoisotopic (exact) mass is 271 g/mol. The largest absolute Gasteiger partial charge is 0.493 e. The van der Waals surface area contributed by atoms with Gasteiger partial charge in [-0.15, -0.1) is 0 Å². The van der Waals surface area contributed by atoms with Gasteiger partial charge in [0, 0.05) is 19.8 Å². The van der Waals surface area contributed by atoms with Gasteiger partial charge in [-0.05, 0) is 20.3 Å². The van der Waals surface area contributed by atoms with Gasteiger partial charge in [0.2, 0.25) is 0 Å². The second-order valence-electron chi connectivity index (χ2n) is 4.13. The van der Waals surface area contributed by atoms with Gasteiger partial charge in [0.05, 0.1) is 13.3 Å². The van der Waals surface area contributed by atoms with E-state index >= 15 is 0 Å². The van der Waals surface area contributed by atoms with Crippen molar-refractivity contribution >= 4 is 0 Å².